The van der Waals surface area contributed by atoms with E-state index in [0.29, 0.717) is 23.1 Å². The lowest BCUT2D eigenvalue weighted by Crippen LogP contribution is -2.52. The number of halogens is 1. The highest BCUT2D eigenvalue weighted by Gasteiger charge is 2.33. The molecule has 0 aromatic heterocycles. The molecule has 3 aromatic rings. The summed E-state index contributed by atoms with van der Waals surface area (Å²) in [5, 5.41) is 2.80. The van der Waals surface area contributed by atoms with Crippen molar-refractivity contribution >= 4 is 43.5 Å². The van der Waals surface area contributed by atoms with E-state index < -0.39 is 28.5 Å². The third kappa shape index (κ3) is 7.20. The van der Waals surface area contributed by atoms with E-state index in [9.17, 15) is 18.0 Å². The Kier molecular flexibility index (Phi) is 9.88. The van der Waals surface area contributed by atoms with Crippen LogP contribution in [0.3, 0.4) is 0 Å². The Labute approximate surface area is 227 Å². The van der Waals surface area contributed by atoms with Crippen molar-refractivity contribution in [2.45, 2.75) is 44.7 Å². The van der Waals surface area contributed by atoms with Crippen LogP contribution in [0.1, 0.15) is 31.4 Å². The highest BCUT2D eigenvalue weighted by molar-refractivity contribution is 9.10. The van der Waals surface area contributed by atoms with Gasteiger partial charge < -0.3 is 10.2 Å². The number of anilines is 1. The molecule has 0 aliphatic carbocycles. The van der Waals surface area contributed by atoms with E-state index in [0.717, 1.165) is 15.4 Å². The van der Waals surface area contributed by atoms with Gasteiger partial charge in [0, 0.05) is 17.6 Å². The molecule has 0 fully saturated rings. The molecule has 0 bridgehead atoms. The summed E-state index contributed by atoms with van der Waals surface area (Å²) in [5.41, 5.74) is 2.11. The van der Waals surface area contributed by atoms with Gasteiger partial charge in [-0.3, -0.25) is 13.9 Å². The van der Waals surface area contributed by atoms with E-state index in [1.807, 2.05) is 51.1 Å². The molecule has 0 spiro atoms. The monoisotopic (exact) mass is 585 g/mol. The van der Waals surface area contributed by atoms with Crippen molar-refractivity contribution in [2.24, 2.45) is 0 Å². The zero-order valence-corrected chi connectivity index (χ0v) is 23.6. The fraction of sp³-hybridized carbons (Fsp3) is 0.286. The maximum Gasteiger partial charge on any atom is 0.264 e. The lowest BCUT2D eigenvalue weighted by atomic mass is 10.1. The molecule has 3 aromatic carbocycles. The van der Waals surface area contributed by atoms with Gasteiger partial charge in [-0.15, -0.1) is 0 Å². The van der Waals surface area contributed by atoms with Crippen LogP contribution < -0.4 is 9.62 Å². The number of sulfonamides is 1. The summed E-state index contributed by atoms with van der Waals surface area (Å²) in [6, 6.07) is 21.9. The second-order valence-corrected chi connectivity index (χ2v) is 11.4. The first-order valence-corrected chi connectivity index (χ1v) is 14.4. The molecule has 2 amide bonds. The molecule has 0 aliphatic heterocycles. The number of benzene rings is 3. The maximum atomic E-state index is 13.9. The second kappa shape index (κ2) is 12.9. The van der Waals surface area contributed by atoms with Gasteiger partial charge in [-0.05, 0) is 56.2 Å². The van der Waals surface area contributed by atoms with Crippen LogP contribution in [0, 0.1) is 6.92 Å². The molecule has 0 saturated carbocycles. The van der Waals surface area contributed by atoms with E-state index in [-0.39, 0.29) is 17.3 Å². The fourth-order valence-electron chi connectivity index (χ4n) is 3.99. The molecule has 0 saturated heterocycles. The second-order valence-electron chi connectivity index (χ2n) is 8.63. The molecule has 196 valence electrons. The molecule has 3 rings (SSSR count). The molecule has 1 atom stereocenters. The Balaban J connectivity index is 2.05. The van der Waals surface area contributed by atoms with E-state index in [1.54, 1.807) is 36.4 Å². The third-order valence-corrected chi connectivity index (χ3v) is 8.20. The summed E-state index contributed by atoms with van der Waals surface area (Å²) in [4.78, 5) is 28.4. The summed E-state index contributed by atoms with van der Waals surface area (Å²) in [7, 11) is -4.09. The van der Waals surface area contributed by atoms with Crippen LogP contribution in [0.4, 0.5) is 5.69 Å². The highest BCUT2D eigenvalue weighted by Crippen LogP contribution is 2.27. The average molecular weight is 587 g/mol. The van der Waals surface area contributed by atoms with E-state index >= 15 is 0 Å². The molecule has 1 N–H and O–H groups in total. The molecule has 0 unspecified atom stereocenters. The number of hydrogen-bond donors (Lipinski definition) is 1. The van der Waals surface area contributed by atoms with Crippen LogP contribution >= 0.6 is 15.9 Å². The minimum absolute atomic E-state index is 0.0799. The first-order chi connectivity index (χ1) is 17.7. The molecule has 9 heteroatoms. The fourth-order valence-corrected chi connectivity index (χ4v) is 5.78. The molecule has 7 nitrogen and oxygen atoms in total. The number of carbonyl (C=O) groups excluding carboxylic acids is 2. The van der Waals surface area contributed by atoms with Gasteiger partial charge in [-0.25, -0.2) is 8.42 Å². The van der Waals surface area contributed by atoms with Crippen LogP contribution in [0.25, 0.3) is 0 Å². The first-order valence-electron chi connectivity index (χ1n) is 12.1. The van der Waals surface area contributed by atoms with Gasteiger partial charge in [0.05, 0.1) is 10.6 Å². The summed E-state index contributed by atoms with van der Waals surface area (Å²) < 4.78 is 29.4. The van der Waals surface area contributed by atoms with Gasteiger partial charge in [-0.1, -0.05) is 76.9 Å². The largest absolute Gasteiger partial charge is 0.355 e. The number of amides is 2. The van der Waals surface area contributed by atoms with Gasteiger partial charge in [0.2, 0.25) is 11.8 Å². The molecular weight excluding hydrogens is 554 g/mol. The molecule has 0 aliphatic rings. The predicted molar refractivity (Wildman–Crippen MR) is 150 cm³/mol. The third-order valence-electron chi connectivity index (χ3n) is 5.92. The standard InChI is InChI=1S/C28H32BrN3O4S/c1-4-26(28(34)30-5-2)31(19-22-10-7-6-8-11-22)27(33)20-32(24-13-9-12-23(29)18-24)37(35,36)25-16-14-21(3)15-17-25/h6-18,26H,4-5,19-20H2,1-3H3,(H,30,34)/t26-/m1/s1. The van der Waals surface area contributed by atoms with E-state index in [4.69, 9.17) is 0 Å². The van der Waals surface area contributed by atoms with Crippen molar-refractivity contribution in [1.29, 1.82) is 0 Å². The van der Waals surface area contributed by atoms with Gasteiger partial charge in [0.25, 0.3) is 10.0 Å². The van der Waals surface area contributed by atoms with Crippen molar-refractivity contribution in [3.63, 3.8) is 0 Å². The minimum Gasteiger partial charge on any atom is -0.355 e. The Hall–Kier alpha value is -3.17. The number of hydrogen-bond acceptors (Lipinski definition) is 4. The summed E-state index contributed by atoms with van der Waals surface area (Å²) in [6.45, 7) is 5.66. The molecule has 0 radical (unpaired) electrons. The molecule has 37 heavy (non-hydrogen) atoms. The Bertz CT molecular complexity index is 1310. The molecule has 0 heterocycles. The zero-order valence-electron chi connectivity index (χ0n) is 21.2. The van der Waals surface area contributed by atoms with Crippen LogP contribution in [0.5, 0.6) is 0 Å². The number of aryl methyl sites for hydroxylation is 1. The smallest absolute Gasteiger partial charge is 0.264 e. The SMILES string of the molecule is CCNC(=O)[C@@H](CC)N(Cc1ccccc1)C(=O)CN(c1cccc(Br)c1)S(=O)(=O)c1ccc(C)cc1. The van der Waals surface area contributed by atoms with Crippen molar-refractivity contribution in [1.82, 2.24) is 10.2 Å². The number of rotatable bonds is 11. The predicted octanol–water partition coefficient (Wildman–Crippen LogP) is 4.90. The minimum atomic E-state index is -4.09. The van der Waals surface area contributed by atoms with Crippen molar-refractivity contribution in [3.8, 4) is 0 Å². The Morgan fingerprint density at radius 2 is 1.62 bits per heavy atom. The van der Waals surface area contributed by atoms with Crippen molar-refractivity contribution < 1.29 is 18.0 Å². The lowest BCUT2D eigenvalue weighted by Gasteiger charge is -2.33. The number of likely N-dealkylation sites (N-methyl/N-ethyl adjacent to an activating group) is 1. The normalized spacial score (nSPS) is 12.0. The topological polar surface area (TPSA) is 86.8 Å². The van der Waals surface area contributed by atoms with Gasteiger partial charge in [0.1, 0.15) is 12.6 Å². The van der Waals surface area contributed by atoms with Crippen LogP contribution in [-0.4, -0.2) is 44.3 Å². The van der Waals surface area contributed by atoms with Gasteiger partial charge in [0.15, 0.2) is 0 Å². The van der Waals surface area contributed by atoms with Crippen LogP contribution in [-0.2, 0) is 26.2 Å². The van der Waals surface area contributed by atoms with Gasteiger partial charge in [-0.2, -0.15) is 0 Å². The summed E-state index contributed by atoms with van der Waals surface area (Å²) in [6.07, 6.45) is 0.381. The average Bonchev–Trinajstić information content (AvgIpc) is 2.88. The molecular formula is C28H32BrN3O4S. The van der Waals surface area contributed by atoms with Crippen LogP contribution in [0.2, 0.25) is 0 Å². The summed E-state index contributed by atoms with van der Waals surface area (Å²) >= 11 is 3.40. The summed E-state index contributed by atoms with van der Waals surface area (Å²) in [5.74, 6) is -0.748. The zero-order chi connectivity index (χ0) is 27.0. The maximum absolute atomic E-state index is 13.9. The van der Waals surface area contributed by atoms with Gasteiger partial charge >= 0.3 is 0 Å². The number of nitrogens with zero attached hydrogens (tertiary/aromatic N) is 2. The lowest BCUT2D eigenvalue weighted by molar-refractivity contribution is -0.140. The van der Waals surface area contributed by atoms with Crippen molar-refractivity contribution in [3.05, 3.63) is 94.5 Å². The van der Waals surface area contributed by atoms with Crippen molar-refractivity contribution in [2.75, 3.05) is 17.4 Å². The Morgan fingerprint density at radius 1 is 0.946 bits per heavy atom. The van der Waals surface area contributed by atoms with E-state index in [1.165, 1.54) is 17.0 Å². The quantitative estimate of drug-likeness (QED) is 0.347. The van der Waals surface area contributed by atoms with Crippen LogP contribution in [0.15, 0.2) is 88.2 Å². The first kappa shape index (κ1) is 28.4. The number of nitrogens with one attached hydrogen (secondary N) is 1. The van der Waals surface area contributed by atoms with E-state index in [2.05, 4.69) is 21.2 Å². The Morgan fingerprint density at radius 3 is 2.22 bits per heavy atom. The highest BCUT2D eigenvalue weighted by atomic mass is 79.9. The number of carbonyl (C=O) groups is 2.